The highest BCUT2D eigenvalue weighted by molar-refractivity contribution is 5.29. The van der Waals surface area contributed by atoms with Gasteiger partial charge in [-0.2, -0.15) is 0 Å². The van der Waals surface area contributed by atoms with Gasteiger partial charge in [-0.1, -0.05) is 20.8 Å². The normalized spacial score (nSPS) is 58.5. The van der Waals surface area contributed by atoms with Crippen molar-refractivity contribution in [1.82, 2.24) is 0 Å². The summed E-state index contributed by atoms with van der Waals surface area (Å²) in [5.74, 6) is 0.951. The first-order valence-electron chi connectivity index (χ1n) is 3.61. The van der Waals surface area contributed by atoms with Gasteiger partial charge in [-0.05, 0) is 29.6 Å². The van der Waals surface area contributed by atoms with Gasteiger partial charge < -0.3 is 0 Å². The van der Waals surface area contributed by atoms with E-state index in [1.807, 2.05) is 0 Å². The molecule has 0 atom stereocenters. The van der Waals surface area contributed by atoms with E-state index in [4.69, 9.17) is 0 Å². The van der Waals surface area contributed by atoms with Crippen molar-refractivity contribution in [3.8, 4) is 0 Å². The van der Waals surface area contributed by atoms with E-state index < -0.39 is 0 Å². The van der Waals surface area contributed by atoms with Crippen molar-refractivity contribution in [2.45, 2.75) is 33.6 Å². The molecule has 0 bridgehead atoms. The second kappa shape index (κ2) is 0.872. The van der Waals surface area contributed by atoms with Crippen molar-refractivity contribution in [2.75, 3.05) is 0 Å². The number of hydrogen-bond donors (Lipinski definition) is 0. The molecular formula is C8H14. The molecule has 2 aliphatic carbocycles. The summed E-state index contributed by atoms with van der Waals surface area (Å²) in [5, 5.41) is 0. The van der Waals surface area contributed by atoms with Gasteiger partial charge in [0.1, 0.15) is 0 Å². The zero-order valence-corrected chi connectivity index (χ0v) is 5.99. The molecule has 0 heterocycles. The van der Waals surface area contributed by atoms with Crippen LogP contribution in [0.2, 0.25) is 0 Å². The van der Waals surface area contributed by atoms with Crippen molar-refractivity contribution >= 4 is 0 Å². The topological polar surface area (TPSA) is 0 Å². The maximum Gasteiger partial charge on any atom is -0.0209 e. The first kappa shape index (κ1) is 4.84. The summed E-state index contributed by atoms with van der Waals surface area (Å²) >= 11 is 0. The summed E-state index contributed by atoms with van der Waals surface area (Å²) < 4.78 is 0. The molecule has 2 saturated carbocycles. The third-order valence-electron chi connectivity index (χ3n) is 3.47. The molecule has 2 rings (SSSR count). The molecule has 0 aromatic rings. The van der Waals surface area contributed by atoms with Gasteiger partial charge in [-0.15, -0.1) is 0 Å². The zero-order valence-electron chi connectivity index (χ0n) is 5.99. The lowest BCUT2D eigenvalue weighted by Crippen LogP contribution is -1.95. The maximum atomic E-state index is 2.42. The van der Waals surface area contributed by atoms with E-state index in [0.717, 1.165) is 16.7 Å². The molecule has 0 aromatic heterocycles. The Kier molecular flexibility index (Phi) is 0.527. The van der Waals surface area contributed by atoms with E-state index in [-0.39, 0.29) is 0 Å². The summed E-state index contributed by atoms with van der Waals surface area (Å²) in [5.41, 5.74) is 1.69. The summed E-state index contributed by atoms with van der Waals surface area (Å²) in [6, 6.07) is 0. The fourth-order valence-electron chi connectivity index (χ4n) is 2.36. The van der Waals surface area contributed by atoms with E-state index in [1.165, 1.54) is 12.8 Å². The average molecular weight is 110 g/mol. The Bertz CT molecular complexity index is 127. The van der Waals surface area contributed by atoms with Crippen LogP contribution in [-0.2, 0) is 0 Å². The SMILES string of the molecule is CC(C)C12CC1(C)C2. The lowest BCUT2D eigenvalue weighted by atomic mass is 10.0. The monoisotopic (exact) mass is 110 g/mol. The number of rotatable bonds is 1. The first-order chi connectivity index (χ1) is 3.61. The molecule has 0 unspecified atom stereocenters. The van der Waals surface area contributed by atoms with Gasteiger partial charge in [0.2, 0.25) is 0 Å². The van der Waals surface area contributed by atoms with Crippen LogP contribution in [-0.4, -0.2) is 0 Å². The van der Waals surface area contributed by atoms with Crippen molar-refractivity contribution in [1.29, 1.82) is 0 Å². The van der Waals surface area contributed by atoms with Crippen LogP contribution in [0.25, 0.3) is 0 Å². The maximum absolute atomic E-state index is 2.42. The Labute approximate surface area is 51.3 Å². The zero-order chi connectivity index (χ0) is 5.99. The van der Waals surface area contributed by atoms with Crippen molar-refractivity contribution in [2.24, 2.45) is 16.7 Å². The van der Waals surface area contributed by atoms with E-state index in [9.17, 15) is 0 Å². The molecule has 0 nitrogen and oxygen atoms in total. The van der Waals surface area contributed by atoms with Crippen LogP contribution in [0.3, 0.4) is 0 Å². The molecule has 0 aliphatic heterocycles. The molecule has 46 valence electrons. The Morgan fingerprint density at radius 2 is 1.62 bits per heavy atom. The molecule has 8 heavy (non-hydrogen) atoms. The Balaban J connectivity index is 2.13. The van der Waals surface area contributed by atoms with Crippen LogP contribution in [0.15, 0.2) is 0 Å². The fourth-order valence-corrected chi connectivity index (χ4v) is 2.36. The molecule has 0 spiro atoms. The number of fused-ring (bicyclic) bond motifs is 1. The largest absolute Gasteiger partial charge is 0.0622 e. The third kappa shape index (κ3) is 0.284. The highest BCUT2D eigenvalue weighted by Crippen LogP contribution is 2.88. The van der Waals surface area contributed by atoms with E-state index >= 15 is 0 Å². The van der Waals surface area contributed by atoms with Crippen molar-refractivity contribution in [3.05, 3.63) is 0 Å². The van der Waals surface area contributed by atoms with Gasteiger partial charge in [-0.3, -0.25) is 0 Å². The first-order valence-corrected chi connectivity index (χ1v) is 3.61. The standard InChI is InChI=1S/C8H14/c1-6(2)8-4-7(8,3)5-8/h6H,4-5H2,1-3H3. The van der Waals surface area contributed by atoms with Crippen LogP contribution in [0.4, 0.5) is 0 Å². The molecule has 0 N–H and O–H groups in total. The van der Waals surface area contributed by atoms with Gasteiger partial charge >= 0.3 is 0 Å². The lowest BCUT2D eigenvalue weighted by Gasteiger charge is -2.04. The van der Waals surface area contributed by atoms with Crippen LogP contribution < -0.4 is 0 Å². The van der Waals surface area contributed by atoms with E-state index in [0.29, 0.717) is 0 Å². The highest BCUT2D eigenvalue weighted by Gasteiger charge is 2.80. The van der Waals surface area contributed by atoms with Crippen LogP contribution >= 0.6 is 0 Å². The van der Waals surface area contributed by atoms with Crippen molar-refractivity contribution < 1.29 is 0 Å². The predicted octanol–water partition coefficient (Wildman–Crippen LogP) is 2.44. The smallest absolute Gasteiger partial charge is 0.0209 e. The fraction of sp³-hybridized carbons (Fsp3) is 1.00. The van der Waals surface area contributed by atoms with E-state index in [1.54, 1.807) is 0 Å². The molecule has 0 aromatic carbocycles. The molecule has 0 radical (unpaired) electrons. The second-order valence-electron chi connectivity index (χ2n) is 4.23. The van der Waals surface area contributed by atoms with Crippen molar-refractivity contribution in [3.63, 3.8) is 0 Å². The van der Waals surface area contributed by atoms with Gasteiger partial charge in [0, 0.05) is 0 Å². The van der Waals surface area contributed by atoms with Crippen LogP contribution in [0.5, 0.6) is 0 Å². The Morgan fingerprint density at radius 3 is 1.62 bits per heavy atom. The summed E-state index contributed by atoms with van der Waals surface area (Å²) in [6.45, 7) is 7.14. The molecule has 0 saturated heterocycles. The average Bonchev–Trinajstić information content (AvgIpc) is 2.22. The molecule has 0 amide bonds. The van der Waals surface area contributed by atoms with Gasteiger partial charge in [0.05, 0.1) is 0 Å². The van der Waals surface area contributed by atoms with Gasteiger partial charge in [-0.25, -0.2) is 0 Å². The minimum atomic E-state index is 0.834. The molecule has 2 fully saturated rings. The Hall–Kier alpha value is 0. The molecular weight excluding hydrogens is 96.1 g/mol. The number of hydrogen-bond acceptors (Lipinski definition) is 0. The summed E-state index contributed by atoms with van der Waals surface area (Å²) in [4.78, 5) is 0. The van der Waals surface area contributed by atoms with E-state index in [2.05, 4.69) is 20.8 Å². The predicted molar refractivity (Wildman–Crippen MR) is 34.6 cm³/mol. The van der Waals surface area contributed by atoms with Gasteiger partial charge in [0.15, 0.2) is 0 Å². The van der Waals surface area contributed by atoms with Crippen LogP contribution in [0.1, 0.15) is 33.6 Å². The summed E-state index contributed by atoms with van der Waals surface area (Å²) in [7, 11) is 0. The van der Waals surface area contributed by atoms with Gasteiger partial charge in [0.25, 0.3) is 0 Å². The minimum absolute atomic E-state index is 0.834. The summed E-state index contributed by atoms with van der Waals surface area (Å²) in [6.07, 6.45) is 3.05. The Morgan fingerprint density at radius 1 is 1.25 bits per heavy atom. The second-order valence-corrected chi connectivity index (χ2v) is 4.23. The molecule has 2 aliphatic rings. The minimum Gasteiger partial charge on any atom is -0.0622 e. The van der Waals surface area contributed by atoms with Crippen LogP contribution in [0, 0.1) is 16.7 Å². The quantitative estimate of drug-likeness (QED) is 0.486. The third-order valence-corrected chi connectivity index (χ3v) is 3.47. The highest BCUT2D eigenvalue weighted by atomic mass is 14.8. The molecule has 0 heteroatoms. The lowest BCUT2D eigenvalue weighted by molar-refractivity contribution is 0.457.